The summed E-state index contributed by atoms with van der Waals surface area (Å²) >= 11 is 0. The summed E-state index contributed by atoms with van der Waals surface area (Å²) in [6, 6.07) is 9.16. The molecule has 0 aliphatic carbocycles. The highest BCUT2D eigenvalue weighted by Crippen LogP contribution is 2.38. The van der Waals surface area contributed by atoms with Crippen molar-refractivity contribution in [3.63, 3.8) is 0 Å². The van der Waals surface area contributed by atoms with Crippen molar-refractivity contribution in [1.29, 1.82) is 0 Å². The molecule has 5 N–H and O–H groups in total. The smallest absolute Gasteiger partial charge is 0.337 e. The Morgan fingerprint density at radius 1 is 0.443 bits per heavy atom. The lowest BCUT2D eigenvalue weighted by Crippen LogP contribution is -2.41. The van der Waals surface area contributed by atoms with Gasteiger partial charge in [0.1, 0.15) is 0 Å². The minimum absolute atomic E-state index is 0.183. The summed E-state index contributed by atoms with van der Waals surface area (Å²) in [7, 11) is 1.28. The van der Waals surface area contributed by atoms with E-state index in [9.17, 15) is 29.7 Å². The molecule has 0 saturated carbocycles. The molecule has 0 fully saturated rings. The number of nitrogens with one attached hydrogen (secondary N) is 2. The third kappa shape index (κ3) is 22.6. The SMILES string of the molecule is CCCCCCCCCCCC(O)c1cc(C(=O)NNC(=O)c2ccc(C(=O)OC)cc2)cc(C(O)CCCCCCCCCCC)c1C(O)CCCCCCCCCCC. The van der Waals surface area contributed by atoms with Gasteiger partial charge in [0.25, 0.3) is 11.8 Å². The number of aliphatic hydroxyl groups excluding tert-OH is 3. The lowest BCUT2D eigenvalue weighted by molar-refractivity contribution is 0.0600. The standard InChI is InChI=1S/C52H86N2O7/c1-5-8-11-14-17-20-23-26-29-32-46(55)44-39-43(51(59)54-53-50(58)41-35-37-42(38-36-41)52(60)61-4)40-45(47(56)33-30-27-24-21-18-15-12-9-6-2)49(44)48(57)34-31-28-25-22-19-16-13-10-7-3/h35-40,46-48,55-57H,5-34H2,1-4H3,(H,53,58)(H,54,59). The Labute approximate surface area is 370 Å². The molecule has 3 atom stereocenters. The molecule has 3 unspecified atom stereocenters. The summed E-state index contributed by atoms with van der Waals surface area (Å²) in [4.78, 5) is 38.7. The van der Waals surface area contributed by atoms with Crippen molar-refractivity contribution in [1.82, 2.24) is 10.9 Å². The van der Waals surface area contributed by atoms with E-state index in [2.05, 4.69) is 31.6 Å². The Balaban J connectivity index is 2.32. The van der Waals surface area contributed by atoms with Crippen molar-refractivity contribution in [3.05, 3.63) is 69.8 Å². The van der Waals surface area contributed by atoms with Crippen LogP contribution in [-0.4, -0.2) is 40.2 Å². The van der Waals surface area contributed by atoms with Gasteiger partial charge in [-0.15, -0.1) is 0 Å². The Morgan fingerprint density at radius 2 is 0.738 bits per heavy atom. The lowest BCUT2D eigenvalue weighted by atomic mass is 9.84. The Kier molecular flexibility index (Phi) is 30.2. The summed E-state index contributed by atoms with van der Waals surface area (Å²) in [6.07, 6.45) is 29.8. The van der Waals surface area contributed by atoms with Crippen molar-refractivity contribution >= 4 is 17.8 Å². The van der Waals surface area contributed by atoms with Crippen LogP contribution >= 0.6 is 0 Å². The molecule has 0 heterocycles. The summed E-state index contributed by atoms with van der Waals surface area (Å²) in [5.41, 5.74) is 7.17. The van der Waals surface area contributed by atoms with Crippen LogP contribution in [0.1, 0.15) is 279 Å². The minimum Gasteiger partial charge on any atom is -0.465 e. The van der Waals surface area contributed by atoms with Crippen LogP contribution in [0.4, 0.5) is 0 Å². The molecule has 346 valence electrons. The normalized spacial score (nSPS) is 12.8. The Morgan fingerprint density at radius 3 is 1.08 bits per heavy atom. The van der Waals surface area contributed by atoms with Crippen molar-refractivity contribution in [2.24, 2.45) is 0 Å². The fraction of sp³-hybridized carbons (Fsp3) is 0.712. The van der Waals surface area contributed by atoms with Crippen LogP contribution in [0.15, 0.2) is 36.4 Å². The maximum Gasteiger partial charge on any atom is 0.337 e. The summed E-state index contributed by atoms with van der Waals surface area (Å²) in [5, 5.41) is 35.7. The minimum atomic E-state index is -0.938. The molecule has 0 bridgehead atoms. The van der Waals surface area contributed by atoms with E-state index < -0.39 is 36.1 Å². The second kappa shape index (κ2) is 34.2. The second-order valence-corrected chi connectivity index (χ2v) is 17.4. The quantitative estimate of drug-likeness (QED) is 0.0261. The van der Waals surface area contributed by atoms with Gasteiger partial charge in [0.15, 0.2) is 0 Å². The third-order valence-corrected chi connectivity index (χ3v) is 12.2. The number of carbonyl (C=O) groups excluding carboxylic acids is 3. The zero-order valence-corrected chi connectivity index (χ0v) is 38.9. The van der Waals surface area contributed by atoms with Gasteiger partial charge in [0, 0.05) is 11.1 Å². The first-order valence-electron chi connectivity index (χ1n) is 24.7. The van der Waals surface area contributed by atoms with Crippen molar-refractivity contribution in [3.8, 4) is 0 Å². The van der Waals surface area contributed by atoms with E-state index in [0.717, 1.165) is 57.8 Å². The zero-order chi connectivity index (χ0) is 44.5. The highest BCUT2D eigenvalue weighted by molar-refractivity contribution is 6.00. The number of unbranched alkanes of at least 4 members (excludes halogenated alkanes) is 24. The maximum absolute atomic E-state index is 13.8. The summed E-state index contributed by atoms with van der Waals surface area (Å²) < 4.78 is 4.74. The number of benzene rings is 2. The molecule has 61 heavy (non-hydrogen) atoms. The van der Waals surface area contributed by atoms with Crippen LogP contribution in [0.2, 0.25) is 0 Å². The van der Waals surface area contributed by atoms with Crippen LogP contribution in [0.25, 0.3) is 0 Å². The number of hydrazine groups is 1. The summed E-state index contributed by atoms with van der Waals surface area (Å²) in [6.45, 7) is 6.69. The second-order valence-electron chi connectivity index (χ2n) is 17.4. The fourth-order valence-electron chi connectivity index (χ4n) is 8.30. The fourth-order valence-corrected chi connectivity index (χ4v) is 8.30. The van der Waals surface area contributed by atoms with E-state index in [1.54, 1.807) is 12.1 Å². The topological polar surface area (TPSA) is 145 Å². The average molecular weight is 851 g/mol. The molecule has 2 rings (SSSR count). The van der Waals surface area contributed by atoms with Crippen molar-refractivity contribution < 1.29 is 34.4 Å². The molecule has 2 amide bonds. The average Bonchev–Trinajstić information content (AvgIpc) is 3.28. The van der Waals surface area contributed by atoms with Gasteiger partial charge in [-0.25, -0.2) is 4.79 Å². The molecule has 2 aromatic carbocycles. The van der Waals surface area contributed by atoms with Crippen molar-refractivity contribution in [2.45, 2.75) is 232 Å². The van der Waals surface area contributed by atoms with Gasteiger partial charge >= 0.3 is 5.97 Å². The van der Waals surface area contributed by atoms with E-state index >= 15 is 0 Å². The van der Waals surface area contributed by atoms with Gasteiger partial charge in [0.05, 0.1) is 31.0 Å². The number of ether oxygens (including phenoxy) is 1. The first-order valence-corrected chi connectivity index (χ1v) is 24.7. The van der Waals surface area contributed by atoms with Crippen LogP contribution in [0.5, 0.6) is 0 Å². The van der Waals surface area contributed by atoms with Gasteiger partial charge < -0.3 is 20.1 Å². The molecule has 9 heteroatoms. The number of hydrogen-bond acceptors (Lipinski definition) is 7. The molecule has 0 aliphatic rings. The van der Waals surface area contributed by atoms with Gasteiger partial charge in [-0.05, 0) is 72.4 Å². The third-order valence-electron chi connectivity index (χ3n) is 12.2. The highest BCUT2D eigenvalue weighted by atomic mass is 16.5. The number of rotatable bonds is 36. The molecule has 0 radical (unpaired) electrons. The molecular formula is C52H86N2O7. The van der Waals surface area contributed by atoms with Gasteiger partial charge in [-0.1, -0.05) is 194 Å². The molecule has 0 spiro atoms. The summed E-state index contributed by atoms with van der Waals surface area (Å²) in [5.74, 6) is -1.70. The number of methoxy groups -OCH3 is 1. The first-order chi connectivity index (χ1) is 29.7. The van der Waals surface area contributed by atoms with E-state index in [1.807, 2.05) is 0 Å². The first kappa shape index (κ1) is 53.9. The molecule has 9 nitrogen and oxygen atoms in total. The molecule has 0 saturated heterocycles. The van der Waals surface area contributed by atoms with E-state index in [0.29, 0.717) is 41.5 Å². The largest absolute Gasteiger partial charge is 0.465 e. The van der Waals surface area contributed by atoms with Gasteiger partial charge in [-0.3, -0.25) is 20.4 Å². The van der Waals surface area contributed by atoms with E-state index in [-0.39, 0.29) is 11.1 Å². The van der Waals surface area contributed by atoms with E-state index in [1.165, 1.54) is 147 Å². The van der Waals surface area contributed by atoms with Crippen molar-refractivity contribution in [2.75, 3.05) is 7.11 Å². The Hall–Kier alpha value is -3.27. The lowest BCUT2D eigenvalue weighted by Gasteiger charge is -2.26. The predicted octanol–water partition coefficient (Wildman–Crippen LogP) is 13.4. The monoisotopic (exact) mass is 851 g/mol. The number of carbonyl (C=O) groups is 3. The van der Waals surface area contributed by atoms with Gasteiger partial charge in [-0.2, -0.15) is 0 Å². The van der Waals surface area contributed by atoms with Crippen LogP contribution in [0.3, 0.4) is 0 Å². The molecule has 0 aliphatic heterocycles. The number of amides is 2. The van der Waals surface area contributed by atoms with Crippen LogP contribution in [0, 0.1) is 0 Å². The maximum atomic E-state index is 13.8. The van der Waals surface area contributed by atoms with Crippen LogP contribution in [-0.2, 0) is 4.74 Å². The zero-order valence-electron chi connectivity index (χ0n) is 38.9. The molecule has 2 aromatic rings. The number of esters is 1. The molecule has 0 aromatic heterocycles. The molecular weight excluding hydrogens is 765 g/mol. The number of aliphatic hydroxyl groups is 3. The van der Waals surface area contributed by atoms with E-state index in [4.69, 9.17) is 4.74 Å². The van der Waals surface area contributed by atoms with Crippen LogP contribution < -0.4 is 10.9 Å². The Bertz CT molecular complexity index is 1410. The van der Waals surface area contributed by atoms with Gasteiger partial charge in [0.2, 0.25) is 0 Å². The predicted molar refractivity (Wildman–Crippen MR) is 250 cm³/mol. The number of hydrogen-bond donors (Lipinski definition) is 5. The highest BCUT2D eigenvalue weighted by Gasteiger charge is 2.27.